The van der Waals surface area contributed by atoms with Crippen LogP contribution in [-0.2, 0) is 22.1 Å². The lowest BCUT2D eigenvalue weighted by molar-refractivity contribution is 0.270. The molecule has 1 aromatic carbocycles. The summed E-state index contributed by atoms with van der Waals surface area (Å²) in [6.45, 7) is 15.3. The molecular weight excluding hydrogens is 412 g/mol. The zero-order chi connectivity index (χ0) is 22.3. The fourth-order valence-electron chi connectivity index (χ4n) is 3.48. The summed E-state index contributed by atoms with van der Waals surface area (Å²) in [4.78, 5) is 7.53. The summed E-state index contributed by atoms with van der Waals surface area (Å²) in [5.41, 5.74) is 1.70. The molecule has 1 aliphatic rings. The summed E-state index contributed by atoms with van der Waals surface area (Å²) >= 11 is 0. The van der Waals surface area contributed by atoms with Crippen molar-refractivity contribution in [2.24, 2.45) is 11.8 Å². The van der Waals surface area contributed by atoms with Crippen LogP contribution in [0.3, 0.4) is 0 Å². The van der Waals surface area contributed by atoms with Gasteiger partial charge in [-0.05, 0) is 73.3 Å². The van der Waals surface area contributed by atoms with E-state index in [1.54, 1.807) is 18.2 Å². The van der Waals surface area contributed by atoms with Gasteiger partial charge in [0.2, 0.25) is 5.69 Å². The van der Waals surface area contributed by atoms with E-state index >= 15 is 0 Å². The van der Waals surface area contributed by atoms with Gasteiger partial charge >= 0.3 is 0 Å². The summed E-state index contributed by atoms with van der Waals surface area (Å²) in [6, 6.07) is 6.77. The molecule has 0 saturated carbocycles. The number of hydrogen-bond donors (Lipinski definition) is 2. The minimum absolute atomic E-state index is 0.211. The van der Waals surface area contributed by atoms with E-state index in [9.17, 15) is 8.42 Å². The Balaban J connectivity index is 1.80. The average Bonchev–Trinajstić information content (AvgIpc) is 3.25. The van der Waals surface area contributed by atoms with Crippen LogP contribution < -0.4 is 15.4 Å². The lowest BCUT2D eigenvalue weighted by Gasteiger charge is -2.15. The van der Waals surface area contributed by atoms with E-state index in [4.69, 9.17) is 11.3 Å². The van der Waals surface area contributed by atoms with E-state index in [-0.39, 0.29) is 10.6 Å². The molecule has 1 saturated heterocycles. The molecule has 31 heavy (non-hydrogen) atoms. The number of benzene rings is 1. The standard InChI is InChI=1S/C23H30N4O3S/c1-17(2)15-30-22-7-19(12-26-11-18-4-5-25-10-18)8-23(9-22)31(28,29)16-20-6-21(24-3)14-27-13-20/h6-9,13-14,17-18,25-26H,4-5,10-12,15-16H2,1-2H3. The van der Waals surface area contributed by atoms with Crippen LogP contribution in [0.25, 0.3) is 4.85 Å². The molecule has 0 spiro atoms. The minimum Gasteiger partial charge on any atom is -0.493 e. The van der Waals surface area contributed by atoms with Crippen LogP contribution in [0.15, 0.2) is 41.6 Å². The molecule has 3 rings (SSSR count). The van der Waals surface area contributed by atoms with Crippen molar-refractivity contribution in [3.63, 3.8) is 0 Å². The first kappa shape index (κ1) is 23.2. The highest BCUT2D eigenvalue weighted by Gasteiger charge is 2.19. The van der Waals surface area contributed by atoms with Gasteiger partial charge in [0.05, 0.1) is 23.8 Å². The molecule has 8 heteroatoms. The van der Waals surface area contributed by atoms with Crippen LogP contribution in [0.1, 0.15) is 31.4 Å². The van der Waals surface area contributed by atoms with Gasteiger partial charge in [-0.2, -0.15) is 0 Å². The molecule has 1 fully saturated rings. The third-order valence-corrected chi connectivity index (χ3v) is 6.74. The van der Waals surface area contributed by atoms with Crippen LogP contribution in [0, 0.1) is 18.4 Å². The van der Waals surface area contributed by atoms with Crippen LogP contribution in [0.4, 0.5) is 5.69 Å². The quantitative estimate of drug-likeness (QED) is 0.549. The summed E-state index contributed by atoms with van der Waals surface area (Å²) < 4.78 is 32.1. The lowest BCUT2D eigenvalue weighted by Crippen LogP contribution is -2.24. The first-order valence-corrected chi connectivity index (χ1v) is 12.2. The van der Waals surface area contributed by atoms with E-state index in [1.165, 1.54) is 12.4 Å². The van der Waals surface area contributed by atoms with Crippen molar-refractivity contribution in [2.75, 3.05) is 26.2 Å². The predicted molar refractivity (Wildman–Crippen MR) is 121 cm³/mol. The van der Waals surface area contributed by atoms with E-state index in [1.807, 2.05) is 6.07 Å². The molecule has 0 amide bonds. The van der Waals surface area contributed by atoms with Gasteiger partial charge in [-0.1, -0.05) is 13.8 Å². The molecule has 2 aromatic rings. The number of aromatic nitrogens is 1. The van der Waals surface area contributed by atoms with Gasteiger partial charge in [0, 0.05) is 18.9 Å². The van der Waals surface area contributed by atoms with Crippen LogP contribution in [0.5, 0.6) is 5.75 Å². The molecule has 1 unspecified atom stereocenters. The number of hydrogen-bond acceptors (Lipinski definition) is 6. The highest BCUT2D eigenvalue weighted by molar-refractivity contribution is 7.90. The Morgan fingerprint density at radius 1 is 1.26 bits per heavy atom. The fourth-order valence-corrected chi connectivity index (χ4v) is 4.87. The molecule has 1 atom stereocenters. The van der Waals surface area contributed by atoms with Crippen molar-refractivity contribution in [2.45, 2.75) is 37.5 Å². The van der Waals surface area contributed by atoms with Crippen LogP contribution in [0.2, 0.25) is 0 Å². The van der Waals surface area contributed by atoms with Gasteiger partial charge in [0.15, 0.2) is 9.84 Å². The topological polar surface area (TPSA) is 84.7 Å². The largest absolute Gasteiger partial charge is 0.493 e. The third-order valence-electron chi connectivity index (χ3n) is 5.07. The zero-order valence-electron chi connectivity index (χ0n) is 18.1. The zero-order valence-corrected chi connectivity index (χ0v) is 18.9. The SMILES string of the molecule is [C-]#[N+]c1cncc(CS(=O)(=O)c2cc(CNCC3CCNC3)cc(OCC(C)C)c2)c1. The molecule has 0 radical (unpaired) electrons. The Labute approximate surface area is 185 Å². The van der Waals surface area contributed by atoms with Crippen LogP contribution in [-0.4, -0.2) is 39.6 Å². The molecule has 1 aromatic heterocycles. The molecule has 2 heterocycles. The predicted octanol–water partition coefficient (Wildman–Crippen LogP) is 3.34. The maximum atomic E-state index is 13.1. The molecule has 0 bridgehead atoms. The van der Waals surface area contributed by atoms with Gasteiger partial charge < -0.3 is 15.4 Å². The maximum absolute atomic E-state index is 13.1. The Morgan fingerprint density at radius 2 is 2.10 bits per heavy atom. The summed E-state index contributed by atoms with van der Waals surface area (Å²) in [6.07, 6.45) is 4.07. The maximum Gasteiger partial charge on any atom is 0.205 e. The van der Waals surface area contributed by atoms with Gasteiger partial charge in [0.1, 0.15) is 5.75 Å². The second-order valence-electron chi connectivity index (χ2n) is 8.43. The van der Waals surface area contributed by atoms with Crippen molar-refractivity contribution in [1.29, 1.82) is 0 Å². The van der Waals surface area contributed by atoms with E-state index in [0.717, 1.165) is 31.6 Å². The Hall–Kier alpha value is -2.47. The Bertz CT molecular complexity index is 1030. The van der Waals surface area contributed by atoms with Gasteiger partial charge in [-0.25, -0.2) is 13.3 Å². The Kier molecular flexibility index (Phi) is 8.02. The van der Waals surface area contributed by atoms with E-state index < -0.39 is 9.84 Å². The summed E-state index contributed by atoms with van der Waals surface area (Å²) in [5, 5.41) is 6.80. The van der Waals surface area contributed by atoms with Crippen molar-refractivity contribution >= 4 is 15.5 Å². The van der Waals surface area contributed by atoms with Crippen molar-refractivity contribution in [3.8, 4) is 5.75 Å². The number of nitrogens with one attached hydrogen (secondary N) is 2. The van der Waals surface area contributed by atoms with Crippen LogP contribution >= 0.6 is 0 Å². The average molecular weight is 443 g/mol. The third kappa shape index (κ3) is 7.03. The number of pyridine rings is 1. The summed E-state index contributed by atoms with van der Waals surface area (Å²) in [7, 11) is -3.62. The number of nitrogens with zero attached hydrogens (tertiary/aromatic N) is 2. The van der Waals surface area contributed by atoms with Gasteiger partial charge in [-0.15, -0.1) is 0 Å². The molecule has 2 N–H and O–H groups in total. The first-order valence-electron chi connectivity index (χ1n) is 10.6. The second kappa shape index (κ2) is 10.7. The van der Waals surface area contributed by atoms with Crippen molar-refractivity contribution in [1.82, 2.24) is 15.6 Å². The van der Waals surface area contributed by atoms with Gasteiger partial charge in [-0.3, -0.25) is 4.98 Å². The second-order valence-corrected chi connectivity index (χ2v) is 10.4. The minimum atomic E-state index is -3.62. The molecule has 1 aliphatic heterocycles. The highest BCUT2D eigenvalue weighted by atomic mass is 32.2. The normalized spacial score (nSPS) is 16.4. The van der Waals surface area contributed by atoms with E-state index in [0.29, 0.717) is 42.0 Å². The van der Waals surface area contributed by atoms with Crippen molar-refractivity contribution < 1.29 is 13.2 Å². The molecular formula is C23H30N4O3S. The van der Waals surface area contributed by atoms with Crippen molar-refractivity contribution in [3.05, 3.63) is 59.2 Å². The number of rotatable bonds is 10. The molecule has 7 nitrogen and oxygen atoms in total. The lowest BCUT2D eigenvalue weighted by atomic mass is 10.1. The number of ether oxygens (including phenoxy) is 1. The monoisotopic (exact) mass is 442 g/mol. The van der Waals surface area contributed by atoms with E-state index in [2.05, 4.69) is 34.3 Å². The number of sulfone groups is 1. The molecule has 0 aliphatic carbocycles. The fraction of sp³-hybridized carbons (Fsp3) is 0.478. The molecule has 166 valence electrons. The highest BCUT2D eigenvalue weighted by Crippen LogP contribution is 2.25. The smallest absolute Gasteiger partial charge is 0.205 e. The van der Waals surface area contributed by atoms with Gasteiger partial charge in [0.25, 0.3) is 0 Å². The summed E-state index contributed by atoms with van der Waals surface area (Å²) in [5.74, 6) is 1.28. The Morgan fingerprint density at radius 3 is 2.81 bits per heavy atom. The first-order chi connectivity index (χ1) is 14.9.